The predicted octanol–water partition coefficient (Wildman–Crippen LogP) is 2.78. The highest BCUT2D eigenvalue weighted by Gasteiger charge is 2.12. The smallest absolute Gasteiger partial charge is 0.272 e. The van der Waals surface area contributed by atoms with Gasteiger partial charge in [-0.05, 0) is 24.3 Å². The molecule has 7 heteroatoms. The number of nitroso groups, excluding NO2 is 1. The van der Waals surface area contributed by atoms with Crippen LogP contribution in [-0.2, 0) is 0 Å². The molecule has 0 spiro atoms. The van der Waals surface area contributed by atoms with E-state index in [1.807, 2.05) is 0 Å². The fourth-order valence-electron chi connectivity index (χ4n) is 1.28. The summed E-state index contributed by atoms with van der Waals surface area (Å²) in [6.07, 6.45) is 0. The van der Waals surface area contributed by atoms with E-state index >= 15 is 0 Å². The van der Waals surface area contributed by atoms with Gasteiger partial charge < -0.3 is 0 Å². The first-order valence-corrected chi connectivity index (χ1v) is 4.88. The van der Waals surface area contributed by atoms with Gasteiger partial charge in [0, 0.05) is 10.7 Å². The molecule has 0 unspecified atom stereocenters. The third-order valence-corrected chi connectivity index (χ3v) is 2.40. The molecule has 1 heterocycles. The number of nitrogens with one attached hydrogen (secondary N) is 1. The quantitative estimate of drug-likeness (QED) is 0.836. The van der Waals surface area contributed by atoms with Crippen LogP contribution >= 0.6 is 11.6 Å². The molecule has 2 rings (SSSR count). The number of aromatic nitrogens is 2. The van der Waals surface area contributed by atoms with Crippen molar-refractivity contribution < 1.29 is 9.18 Å². The molecule has 1 aromatic carbocycles. The number of nitrogens with zero attached hydrogens (tertiary/aromatic N) is 2. The fourth-order valence-corrected chi connectivity index (χ4v) is 1.46. The van der Waals surface area contributed by atoms with Gasteiger partial charge in [-0.15, -0.1) is 4.91 Å². The Balaban J connectivity index is 2.40. The molecular formula is C10H5ClFN3O2. The topological polar surface area (TPSA) is 75.2 Å². The number of benzene rings is 1. The van der Waals surface area contributed by atoms with E-state index < -0.39 is 11.7 Å². The summed E-state index contributed by atoms with van der Waals surface area (Å²) < 4.78 is 12.9. The van der Waals surface area contributed by atoms with Crippen molar-refractivity contribution in [2.45, 2.75) is 0 Å². The van der Waals surface area contributed by atoms with E-state index in [-0.39, 0.29) is 10.7 Å². The van der Waals surface area contributed by atoms with E-state index in [4.69, 9.17) is 11.6 Å². The first-order chi connectivity index (χ1) is 8.11. The predicted molar refractivity (Wildman–Crippen MR) is 59.1 cm³/mol. The van der Waals surface area contributed by atoms with E-state index in [0.29, 0.717) is 11.3 Å². The van der Waals surface area contributed by atoms with Crippen LogP contribution in [0, 0.1) is 10.7 Å². The Kier molecular flexibility index (Phi) is 2.97. The summed E-state index contributed by atoms with van der Waals surface area (Å²) in [4.78, 5) is 21.0. The molecule has 1 amide bonds. The molecule has 1 aromatic heterocycles. The first-order valence-electron chi connectivity index (χ1n) is 4.50. The Morgan fingerprint density at radius 2 is 2.18 bits per heavy atom. The second-order valence-electron chi connectivity index (χ2n) is 3.19. The van der Waals surface area contributed by atoms with Gasteiger partial charge in [-0.3, -0.25) is 9.89 Å². The third-order valence-electron chi connectivity index (χ3n) is 2.11. The minimum atomic E-state index is -0.947. The number of hydrogen-bond donors (Lipinski definition) is 1. The standard InChI is InChI=1S/C10H5ClFN3O2/c11-6-3-5(1-2-7(6)12)8-4-9(14-13-8)10(16)15-17/h1-4H,(H,13,14). The van der Waals surface area contributed by atoms with Crippen molar-refractivity contribution >= 4 is 17.5 Å². The molecule has 0 radical (unpaired) electrons. The van der Waals surface area contributed by atoms with Gasteiger partial charge in [-0.2, -0.15) is 5.10 Å². The van der Waals surface area contributed by atoms with Crippen molar-refractivity contribution in [2.24, 2.45) is 5.18 Å². The van der Waals surface area contributed by atoms with Crippen molar-refractivity contribution in [2.75, 3.05) is 0 Å². The second kappa shape index (κ2) is 4.42. The molecule has 0 saturated heterocycles. The number of carbonyl (C=O) groups is 1. The molecule has 0 aliphatic heterocycles. The highest BCUT2D eigenvalue weighted by atomic mass is 35.5. The number of H-pyrrole nitrogens is 1. The zero-order chi connectivity index (χ0) is 12.4. The van der Waals surface area contributed by atoms with E-state index in [9.17, 15) is 14.1 Å². The molecule has 1 N–H and O–H groups in total. The lowest BCUT2D eigenvalue weighted by atomic mass is 10.1. The SMILES string of the molecule is O=NC(=O)c1cc(-c2ccc(F)c(Cl)c2)n[nH]1. The molecule has 0 saturated carbocycles. The van der Waals surface area contributed by atoms with Crippen molar-refractivity contribution in [3.63, 3.8) is 0 Å². The van der Waals surface area contributed by atoms with Crippen LogP contribution in [0.25, 0.3) is 11.3 Å². The number of carbonyl (C=O) groups excluding carboxylic acids is 1. The van der Waals surface area contributed by atoms with Crippen molar-refractivity contribution in [1.82, 2.24) is 10.2 Å². The highest BCUT2D eigenvalue weighted by molar-refractivity contribution is 6.31. The van der Waals surface area contributed by atoms with Gasteiger partial charge in [0.25, 0.3) is 0 Å². The summed E-state index contributed by atoms with van der Waals surface area (Å²) in [5.41, 5.74) is 0.868. The number of hydrogen-bond acceptors (Lipinski definition) is 3. The Labute approximate surface area is 99.6 Å². The van der Waals surface area contributed by atoms with Crippen LogP contribution in [0.1, 0.15) is 10.5 Å². The maximum atomic E-state index is 12.9. The molecule has 5 nitrogen and oxygen atoms in total. The van der Waals surface area contributed by atoms with Crippen LogP contribution in [0.4, 0.5) is 4.39 Å². The van der Waals surface area contributed by atoms with E-state index in [1.54, 1.807) is 0 Å². The number of amides is 1. The van der Waals surface area contributed by atoms with Gasteiger partial charge in [0.1, 0.15) is 11.5 Å². The Morgan fingerprint density at radius 1 is 1.41 bits per heavy atom. The van der Waals surface area contributed by atoms with E-state index in [2.05, 4.69) is 15.4 Å². The molecule has 0 atom stereocenters. The third kappa shape index (κ3) is 2.21. The fraction of sp³-hybridized carbons (Fsp3) is 0. The van der Waals surface area contributed by atoms with Crippen LogP contribution in [0.15, 0.2) is 29.4 Å². The van der Waals surface area contributed by atoms with Crippen molar-refractivity contribution in [3.05, 3.63) is 45.7 Å². The lowest BCUT2D eigenvalue weighted by molar-refractivity contribution is 0.0996. The molecule has 2 aromatic rings. The van der Waals surface area contributed by atoms with Gasteiger partial charge >= 0.3 is 5.91 Å². The summed E-state index contributed by atoms with van der Waals surface area (Å²) in [5, 5.41) is 8.36. The molecule has 0 aliphatic carbocycles. The molecule has 0 bridgehead atoms. The van der Waals surface area contributed by atoms with E-state index in [1.165, 1.54) is 24.3 Å². The van der Waals surface area contributed by atoms with Gasteiger partial charge in [-0.1, -0.05) is 11.6 Å². The largest absolute Gasteiger partial charge is 0.334 e. The van der Waals surface area contributed by atoms with Crippen LogP contribution in [0.3, 0.4) is 0 Å². The van der Waals surface area contributed by atoms with Gasteiger partial charge in [-0.25, -0.2) is 4.39 Å². The first kappa shape index (κ1) is 11.4. The maximum Gasteiger partial charge on any atom is 0.334 e. The molecule has 86 valence electrons. The number of aromatic amines is 1. The minimum absolute atomic E-state index is 0.0320. The summed E-state index contributed by atoms with van der Waals surface area (Å²) in [7, 11) is 0. The van der Waals surface area contributed by atoms with Gasteiger partial charge in [0.15, 0.2) is 0 Å². The summed E-state index contributed by atoms with van der Waals surface area (Å²) >= 11 is 5.61. The Bertz CT molecular complexity index is 597. The van der Waals surface area contributed by atoms with Crippen molar-refractivity contribution in [3.8, 4) is 11.3 Å². The second-order valence-corrected chi connectivity index (χ2v) is 3.60. The number of rotatable bonds is 2. The lowest BCUT2D eigenvalue weighted by Gasteiger charge is -1.97. The minimum Gasteiger partial charge on any atom is -0.272 e. The maximum absolute atomic E-state index is 12.9. The zero-order valence-corrected chi connectivity index (χ0v) is 9.03. The summed E-state index contributed by atoms with van der Waals surface area (Å²) in [6.45, 7) is 0. The monoisotopic (exact) mass is 253 g/mol. The van der Waals surface area contributed by atoms with Gasteiger partial charge in [0.2, 0.25) is 0 Å². The van der Waals surface area contributed by atoms with Gasteiger partial charge in [0.05, 0.1) is 10.7 Å². The Morgan fingerprint density at radius 3 is 2.82 bits per heavy atom. The normalized spacial score (nSPS) is 10.2. The molecule has 0 fully saturated rings. The lowest BCUT2D eigenvalue weighted by Crippen LogP contribution is -1.92. The van der Waals surface area contributed by atoms with Crippen molar-refractivity contribution in [1.29, 1.82) is 0 Å². The average Bonchev–Trinajstić information content (AvgIpc) is 2.81. The van der Waals surface area contributed by atoms with Crippen LogP contribution in [0.2, 0.25) is 5.02 Å². The average molecular weight is 254 g/mol. The molecule has 0 aliphatic rings. The number of halogens is 2. The van der Waals surface area contributed by atoms with Crippen LogP contribution in [-0.4, -0.2) is 16.1 Å². The summed E-state index contributed by atoms with van der Waals surface area (Å²) in [6, 6.07) is 5.36. The zero-order valence-electron chi connectivity index (χ0n) is 8.28. The van der Waals surface area contributed by atoms with Crippen LogP contribution < -0.4 is 0 Å². The van der Waals surface area contributed by atoms with Crippen LogP contribution in [0.5, 0.6) is 0 Å². The summed E-state index contributed by atoms with van der Waals surface area (Å²) in [5.74, 6) is -1.49. The highest BCUT2D eigenvalue weighted by Crippen LogP contribution is 2.23. The molecular weight excluding hydrogens is 249 g/mol. The Hall–Kier alpha value is -2.08. The molecule has 17 heavy (non-hydrogen) atoms. The van der Waals surface area contributed by atoms with E-state index in [0.717, 1.165) is 0 Å².